The smallest absolute Gasteiger partial charge is 0.0900 e. The zero-order valence-corrected chi connectivity index (χ0v) is 11.5. The van der Waals surface area contributed by atoms with Crippen LogP contribution in [0, 0.1) is 19.8 Å². The molecule has 2 fully saturated rings. The topological polar surface area (TPSA) is 28.2 Å². The molecule has 0 bridgehead atoms. The second-order valence-electron chi connectivity index (χ2n) is 5.40. The first-order chi connectivity index (χ1) is 8.22. The van der Waals surface area contributed by atoms with Gasteiger partial charge in [0, 0.05) is 30.6 Å². The quantitative estimate of drug-likeness (QED) is 0.871. The van der Waals surface area contributed by atoms with Crippen molar-refractivity contribution in [1.82, 2.24) is 15.2 Å². The lowest BCUT2D eigenvalue weighted by atomic mass is 9.94. The van der Waals surface area contributed by atoms with Crippen molar-refractivity contribution >= 4 is 11.3 Å². The summed E-state index contributed by atoms with van der Waals surface area (Å²) < 4.78 is 0. The molecule has 0 spiro atoms. The molecule has 3 heterocycles. The average Bonchev–Trinajstić information content (AvgIpc) is 2.82. The minimum absolute atomic E-state index is 0.748. The van der Waals surface area contributed by atoms with Crippen LogP contribution in [0.1, 0.15) is 28.4 Å². The SMILES string of the molecule is Cc1nc(C)c(CN2CC3CCCNC3C2)s1. The van der Waals surface area contributed by atoms with Gasteiger partial charge in [-0.2, -0.15) is 0 Å². The monoisotopic (exact) mass is 251 g/mol. The Morgan fingerprint density at radius 1 is 1.41 bits per heavy atom. The Hall–Kier alpha value is -0.450. The van der Waals surface area contributed by atoms with Crippen LogP contribution >= 0.6 is 11.3 Å². The molecule has 2 saturated heterocycles. The fourth-order valence-corrected chi connectivity index (χ4v) is 4.17. The zero-order valence-electron chi connectivity index (χ0n) is 10.7. The number of likely N-dealkylation sites (tertiary alicyclic amines) is 1. The number of aryl methyl sites for hydroxylation is 2. The molecule has 3 rings (SSSR count). The molecule has 2 unspecified atom stereocenters. The van der Waals surface area contributed by atoms with Gasteiger partial charge in [0.15, 0.2) is 0 Å². The summed E-state index contributed by atoms with van der Waals surface area (Å²) in [6.07, 6.45) is 2.77. The highest BCUT2D eigenvalue weighted by molar-refractivity contribution is 7.11. The van der Waals surface area contributed by atoms with Crippen molar-refractivity contribution in [2.75, 3.05) is 19.6 Å². The largest absolute Gasteiger partial charge is 0.312 e. The molecule has 3 nitrogen and oxygen atoms in total. The van der Waals surface area contributed by atoms with Gasteiger partial charge in [0.25, 0.3) is 0 Å². The predicted molar refractivity (Wildman–Crippen MR) is 71.4 cm³/mol. The molecule has 0 saturated carbocycles. The molecular formula is C13H21N3S. The molecule has 0 aromatic carbocycles. The van der Waals surface area contributed by atoms with Crippen molar-refractivity contribution in [2.24, 2.45) is 5.92 Å². The molecule has 2 atom stereocenters. The van der Waals surface area contributed by atoms with Gasteiger partial charge in [-0.15, -0.1) is 11.3 Å². The second-order valence-corrected chi connectivity index (χ2v) is 6.69. The van der Waals surface area contributed by atoms with E-state index in [9.17, 15) is 0 Å². The van der Waals surface area contributed by atoms with Gasteiger partial charge in [-0.25, -0.2) is 4.98 Å². The van der Waals surface area contributed by atoms with Crippen LogP contribution in [0.25, 0.3) is 0 Å². The van der Waals surface area contributed by atoms with E-state index in [1.807, 2.05) is 11.3 Å². The van der Waals surface area contributed by atoms with Crippen molar-refractivity contribution < 1.29 is 0 Å². The van der Waals surface area contributed by atoms with Gasteiger partial charge in [0.2, 0.25) is 0 Å². The van der Waals surface area contributed by atoms with E-state index >= 15 is 0 Å². The van der Waals surface area contributed by atoms with Gasteiger partial charge in [-0.3, -0.25) is 4.90 Å². The van der Waals surface area contributed by atoms with Gasteiger partial charge >= 0.3 is 0 Å². The lowest BCUT2D eigenvalue weighted by Gasteiger charge is -2.24. The van der Waals surface area contributed by atoms with E-state index in [1.165, 1.54) is 48.1 Å². The number of fused-ring (bicyclic) bond motifs is 1. The molecule has 4 heteroatoms. The van der Waals surface area contributed by atoms with Crippen LogP contribution in [0.5, 0.6) is 0 Å². The van der Waals surface area contributed by atoms with Crippen molar-refractivity contribution in [1.29, 1.82) is 0 Å². The molecule has 1 N–H and O–H groups in total. The summed E-state index contributed by atoms with van der Waals surface area (Å²) in [5.74, 6) is 0.887. The summed E-state index contributed by atoms with van der Waals surface area (Å²) >= 11 is 1.86. The first-order valence-electron chi connectivity index (χ1n) is 6.61. The third-order valence-corrected chi connectivity index (χ3v) is 5.10. The second kappa shape index (κ2) is 4.67. The summed E-state index contributed by atoms with van der Waals surface area (Å²) in [7, 11) is 0. The molecule has 0 aliphatic carbocycles. The molecule has 0 radical (unpaired) electrons. The highest BCUT2D eigenvalue weighted by atomic mass is 32.1. The highest BCUT2D eigenvalue weighted by Gasteiger charge is 2.34. The lowest BCUT2D eigenvalue weighted by molar-refractivity contribution is 0.314. The normalized spacial score (nSPS) is 29.5. The fourth-order valence-electron chi connectivity index (χ4n) is 3.19. The van der Waals surface area contributed by atoms with Crippen molar-refractivity contribution in [3.8, 4) is 0 Å². The standard InChI is InChI=1S/C13H21N3S/c1-9-13(17-10(2)15-9)8-16-6-11-4-3-5-14-12(11)7-16/h11-12,14H,3-8H2,1-2H3. The van der Waals surface area contributed by atoms with Crippen molar-refractivity contribution in [3.05, 3.63) is 15.6 Å². The molecule has 17 heavy (non-hydrogen) atoms. The third kappa shape index (κ3) is 2.39. The van der Waals surface area contributed by atoms with E-state index in [1.54, 1.807) is 0 Å². The summed E-state index contributed by atoms with van der Waals surface area (Å²) in [5.41, 5.74) is 1.23. The number of thiazole rings is 1. The molecule has 1 aromatic rings. The molecule has 94 valence electrons. The Kier molecular flexibility index (Phi) is 3.19. The Bertz CT molecular complexity index is 387. The Balaban J connectivity index is 1.65. The van der Waals surface area contributed by atoms with E-state index in [-0.39, 0.29) is 0 Å². The number of rotatable bonds is 2. The van der Waals surface area contributed by atoms with Gasteiger partial charge in [0.1, 0.15) is 0 Å². The van der Waals surface area contributed by atoms with E-state index < -0.39 is 0 Å². The summed E-state index contributed by atoms with van der Waals surface area (Å²) in [5, 5.41) is 4.86. The van der Waals surface area contributed by atoms with E-state index in [2.05, 4.69) is 29.0 Å². The first kappa shape index (κ1) is 11.6. The van der Waals surface area contributed by atoms with Crippen LogP contribution < -0.4 is 5.32 Å². The maximum atomic E-state index is 4.52. The maximum Gasteiger partial charge on any atom is 0.0900 e. The Morgan fingerprint density at radius 3 is 3.00 bits per heavy atom. The number of hydrogen-bond donors (Lipinski definition) is 1. The molecule has 0 amide bonds. The Morgan fingerprint density at radius 2 is 2.29 bits per heavy atom. The molecule has 2 aliphatic rings. The highest BCUT2D eigenvalue weighted by Crippen LogP contribution is 2.27. The van der Waals surface area contributed by atoms with E-state index in [0.29, 0.717) is 0 Å². The number of nitrogens with one attached hydrogen (secondary N) is 1. The fraction of sp³-hybridized carbons (Fsp3) is 0.769. The van der Waals surface area contributed by atoms with E-state index in [0.717, 1.165) is 18.5 Å². The summed E-state index contributed by atoms with van der Waals surface area (Å²) in [4.78, 5) is 8.58. The Labute approximate surface area is 107 Å². The lowest BCUT2D eigenvalue weighted by Crippen LogP contribution is -2.40. The van der Waals surface area contributed by atoms with Crippen LogP contribution in [0.2, 0.25) is 0 Å². The summed E-state index contributed by atoms with van der Waals surface area (Å²) in [6, 6.07) is 0.748. The number of hydrogen-bond acceptors (Lipinski definition) is 4. The molecular weight excluding hydrogens is 230 g/mol. The molecule has 2 aliphatic heterocycles. The first-order valence-corrected chi connectivity index (χ1v) is 7.42. The minimum atomic E-state index is 0.748. The van der Waals surface area contributed by atoms with Crippen LogP contribution in [0.3, 0.4) is 0 Å². The number of nitrogens with zero attached hydrogens (tertiary/aromatic N) is 2. The average molecular weight is 251 g/mol. The van der Waals surface area contributed by atoms with Gasteiger partial charge in [0.05, 0.1) is 10.7 Å². The molecule has 1 aromatic heterocycles. The summed E-state index contributed by atoms with van der Waals surface area (Å²) in [6.45, 7) is 9.06. The van der Waals surface area contributed by atoms with Crippen LogP contribution in [0.4, 0.5) is 0 Å². The third-order valence-electron chi connectivity index (χ3n) is 4.04. The predicted octanol–water partition coefficient (Wildman–Crippen LogP) is 1.94. The van der Waals surface area contributed by atoms with Crippen LogP contribution in [-0.4, -0.2) is 35.6 Å². The number of aromatic nitrogens is 1. The van der Waals surface area contributed by atoms with Crippen molar-refractivity contribution in [2.45, 2.75) is 39.3 Å². The zero-order chi connectivity index (χ0) is 11.8. The van der Waals surface area contributed by atoms with Crippen LogP contribution in [-0.2, 0) is 6.54 Å². The van der Waals surface area contributed by atoms with Gasteiger partial charge in [-0.05, 0) is 39.2 Å². The van der Waals surface area contributed by atoms with Crippen LogP contribution in [0.15, 0.2) is 0 Å². The number of piperidine rings is 1. The minimum Gasteiger partial charge on any atom is -0.312 e. The van der Waals surface area contributed by atoms with Gasteiger partial charge in [-0.1, -0.05) is 0 Å². The maximum absolute atomic E-state index is 4.52. The van der Waals surface area contributed by atoms with Crippen molar-refractivity contribution in [3.63, 3.8) is 0 Å². The van der Waals surface area contributed by atoms with E-state index in [4.69, 9.17) is 0 Å². The van der Waals surface area contributed by atoms with Gasteiger partial charge < -0.3 is 5.32 Å².